The van der Waals surface area contributed by atoms with Gasteiger partial charge in [-0.15, -0.1) is 11.8 Å². The predicted octanol–water partition coefficient (Wildman–Crippen LogP) is 5.03. The van der Waals surface area contributed by atoms with E-state index in [-0.39, 0.29) is 11.9 Å². The zero-order chi connectivity index (χ0) is 15.8. The second kappa shape index (κ2) is 8.86. The molecule has 2 aromatic carbocycles. The van der Waals surface area contributed by atoms with Gasteiger partial charge in [0.15, 0.2) is 0 Å². The molecule has 4 heteroatoms. The molecular weight excluding hydrogens is 314 g/mol. The van der Waals surface area contributed by atoms with Crippen LogP contribution in [0.4, 0.5) is 0 Å². The van der Waals surface area contributed by atoms with Crippen LogP contribution < -0.4 is 5.32 Å². The fourth-order valence-corrected chi connectivity index (χ4v) is 3.20. The number of benzene rings is 2. The Morgan fingerprint density at radius 2 is 1.82 bits per heavy atom. The van der Waals surface area contributed by atoms with E-state index >= 15 is 0 Å². The second-order valence-electron chi connectivity index (χ2n) is 5.04. The zero-order valence-electron chi connectivity index (χ0n) is 12.6. The van der Waals surface area contributed by atoms with Crippen molar-refractivity contribution in [1.29, 1.82) is 0 Å². The average Bonchev–Trinajstić information content (AvgIpc) is 2.55. The van der Waals surface area contributed by atoms with Gasteiger partial charge in [-0.25, -0.2) is 0 Å². The SMILES string of the molecule is CCC(CCSc1ccccc1)NC(=O)c1ccc(Cl)cc1. The Balaban J connectivity index is 1.81. The molecule has 0 aromatic heterocycles. The summed E-state index contributed by atoms with van der Waals surface area (Å²) in [6.07, 6.45) is 1.88. The van der Waals surface area contributed by atoms with Gasteiger partial charge in [-0.2, -0.15) is 0 Å². The van der Waals surface area contributed by atoms with Crippen molar-refractivity contribution < 1.29 is 4.79 Å². The van der Waals surface area contributed by atoms with Crippen molar-refractivity contribution in [2.45, 2.75) is 30.7 Å². The molecule has 1 amide bonds. The molecule has 2 nitrogen and oxygen atoms in total. The first-order chi connectivity index (χ1) is 10.7. The quantitative estimate of drug-likeness (QED) is 0.720. The van der Waals surface area contributed by atoms with Crippen LogP contribution in [0.2, 0.25) is 5.02 Å². The Morgan fingerprint density at radius 1 is 1.14 bits per heavy atom. The number of thioether (sulfide) groups is 1. The fourth-order valence-electron chi connectivity index (χ4n) is 2.08. The van der Waals surface area contributed by atoms with Crippen molar-refractivity contribution in [2.75, 3.05) is 5.75 Å². The molecule has 22 heavy (non-hydrogen) atoms. The summed E-state index contributed by atoms with van der Waals surface area (Å²) in [4.78, 5) is 13.5. The summed E-state index contributed by atoms with van der Waals surface area (Å²) in [5, 5.41) is 3.73. The third-order valence-electron chi connectivity index (χ3n) is 3.41. The second-order valence-corrected chi connectivity index (χ2v) is 6.64. The Morgan fingerprint density at radius 3 is 2.45 bits per heavy atom. The van der Waals surface area contributed by atoms with Crippen LogP contribution in [-0.2, 0) is 0 Å². The molecule has 2 rings (SSSR count). The van der Waals surface area contributed by atoms with Gasteiger partial charge in [-0.05, 0) is 55.0 Å². The zero-order valence-corrected chi connectivity index (χ0v) is 14.2. The lowest BCUT2D eigenvalue weighted by molar-refractivity contribution is 0.0935. The third kappa shape index (κ3) is 5.39. The van der Waals surface area contributed by atoms with Gasteiger partial charge in [-0.3, -0.25) is 4.79 Å². The van der Waals surface area contributed by atoms with E-state index in [1.165, 1.54) is 4.90 Å². The molecule has 0 bridgehead atoms. The molecule has 0 fully saturated rings. The molecule has 0 saturated heterocycles. The summed E-state index contributed by atoms with van der Waals surface area (Å²) in [5.41, 5.74) is 0.651. The van der Waals surface area contributed by atoms with Crippen LogP contribution in [-0.4, -0.2) is 17.7 Å². The van der Waals surface area contributed by atoms with E-state index in [4.69, 9.17) is 11.6 Å². The van der Waals surface area contributed by atoms with E-state index in [0.717, 1.165) is 18.6 Å². The van der Waals surface area contributed by atoms with Crippen LogP contribution in [0, 0.1) is 0 Å². The maximum Gasteiger partial charge on any atom is 0.251 e. The minimum Gasteiger partial charge on any atom is -0.349 e. The molecule has 116 valence electrons. The molecule has 0 radical (unpaired) electrons. The van der Waals surface area contributed by atoms with Gasteiger partial charge < -0.3 is 5.32 Å². The normalized spacial score (nSPS) is 11.9. The smallest absolute Gasteiger partial charge is 0.251 e. The lowest BCUT2D eigenvalue weighted by atomic mass is 10.1. The van der Waals surface area contributed by atoms with Crippen LogP contribution in [0.5, 0.6) is 0 Å². The summed E-state index contributed by atoms with van der Waals surface area (Å²) in [7, 11) is 0. The van der Waals surface area contributed by atoms with E-state index in [1.54, 1.807) is 24.3 Å². The number of carbonyl (C=O) groups is 1. The highest BCUT2D eigenvalue weighted by Crippen LogP contribution is 2.19. The van der Waals surface area contributed by atoms with Crippen molar-refractivity contribution >= 4 is 29.3 Å². The first-order valence-electron chi connectivity index (χ1n) is 7.43. The number of halogens is 1. The number of rotatable bonds is 7. The van der Waals surface area contributed by atoms with E-state index in [9.17, 15) is 4.79 Å². The minimum atomic E-state index is -0.0340. The van der Waals surface area contributed by atoms with Gasteiger partial charge >= 0.3 is 0 Å². The van der Waals surface area contributed by atoms with Crippen LogP contribution in [0.1, 0.15) is 30.1 Å². The monoisotopic (exact) mass is 333 g/mol. The molecule has 1 unspecified atom stereocenters. The lowest BCUT2D eigenvalue weighted by Gasteiger charge is -2.17. The topological polar surface area (TPSA) is 29.1 Å². The van der Waals surface area contributed by atoms with Crippen molar-refractivity contribution in [3.8, 4) is 0 Å². The molecule has 0 aliphatic heterocycles. The Kier molecular flexibility index (Phi) is 6.81. The summed E-state index contributed by atoms with van der Waals surface area (Å²) in [6.45, 7) is 2.10. The summed E-state index contributed by atoms with van der Waals surface area (Å²) >= 11 is 7.66. The first kappa shape index (κ1) is 16.9. The van der Waals surface area contributed by atoms with E-state index in [0.29, 0.717) is 10.6 Å². The van der Waals surface area contributed by atoms with Crippen LogP contribution in [0.3, 0.4) is 0 Å². The summed E-state index contributed by atoms with van der Waals surface area (Å²) < 4.78 is 0. The number of hydrogen-bond acceptors (Lipinski definition) is 2. The van der Waals surface area contributed by atoms with Crippen molar-refractivity contribution in [3.63, 3.8) is 0 Å². The van der Waals surface area contributed by atoms with Gasteiger partial charge in [0.1, 0.15) is 0 Å². The van der Waals surface area contributed by atoms with Gasteiger partial charge in [0.05, 0.1) is 0 Å². The largest absolute Gasteiger partial charge is 0.349 e. The van der Waals surface area contributed by atoms with Crippen LogP contribution in [0.25, 0.3) is 0 Å². The van der Waals surface area contributed by atoms with Crippen molar-refractivity contribution in [3.05, 3.63) is 65.2 Å². The molecule has 1 atom stereocenters. The number of hydrogen-bond donors (Lipinski definition) is 1. The van der Waals surface area contributed by atoms with Crippen molar-refractivity contribution in [2.24, 2.45) is 0 Å². The molecule has 2 aromatic rings. The number of amides is 1. The highest BCUT2D eigenvalue weighted by molar-refractivity contribution is 7.99. The first-order valence-corrected chi connectivity index (χ1v) is 8.79. The van der Waals surface area contributed by atoms with E-state index in [2.05, 4.69) is 24.4 Å². The summed E-state index contributed by atoms with van der Waals surface area (Å²) in [6, 6.07) is 17.5. The van der Waals surface area contributed by atoms with Crippen LogP contribution in [0.15, 0.2) is 59.5 Å². The van der Waals surface area contributed by atoms with Crippen LogP contribution >= 0.6 is 23.4 Å². The minimum absolute atomic E-state index is 0.0340. The molecule has 0 aliphatic rings. The number of nitrogens with one attached hydrogen (secondary N) is 1. The fraction of sp³-hybridized carbons (Fsp3) is 0.278. The van der Waals surface area contributed by atoms with Gasteiger partial charge in [0.2, 0.25) is 0 Å². The van der Waals surface area contributed by atoms with Gasteiger partial charge in [0, 0.05) is 21.5 Å². The Labute approximate surface area is 141 Å². The Hall–Kier alpha value is -1.45. The van der Waals surface area contributed by atoms with E-state index in [1.807, 2.05) is 30.0 Å². The molecule has 0 aliphatic carbocycles. The summed E-state index contributed by atoms with van der Waals surface area (Å²) in [5.74, 6) is 0.955. The molecule has 0 spiro atoms. The molecular formula is C18H20ClNOS. The third-order valence-corrected chi connectivity index (χ3v) is 4.71. The molecule has 1 N–H and O–H groups in total. The maximum atomic E-state index is 12.2. The van der Waals surface area contributed by atoms with Gasteiger partial charge in [-0.1, -0.05) is 36.7 Å². The predicted molar refractivity (Wildman–Crippen MR) is 94.8 cm³/mol. The van der Waals surface area contributed by atoms with E-state index < -0.39 is 0 Å². The van der Waals surface area contributed by atoms with Gasteiger partial charge in [0.25, 0.3) is 5.91 Å². The highest BCUT2D eigenvalue weighted by Gasteiger charge is 2.12. The lowest BCUT2D eigenvalue weighted by Crippen LogP contribution is -2.34. The van der Waals surface area contributed by atoms with Crippen molar-refractivity contribution in [1.82, 2.24) is 5.32 Å². The highest BCUT2D eigenvalue weighted by atomic mass is 35.5. The number of carbonyl (C=O) groups excluding carboxylic acids is 1. The average molecular weight is 334 g/mol. The Bertz CT molecular complexity index is 586. The molecule has 0 saturated carbocycles. The maximum absolute atomic E-state index is 12.2. The molecule has 0 heterocycles. The standard InChI is InChI=1S/C18H20ClNOS/c1-2-16(12-13-22-17-6-4-3-5-7-17)20-18(21)14-8-10-15(19)11-9-14/h3-11,16H,2,12-13H2,1H3,(H,20,21).